The van der Waals surface area contributed by atoms with Crippen LogP contribution >= 0.6 is 34.8 Å². The molecule has 0 atom stereocenters. The van der Waals surface area contributed by atoms with Gasteiger partial charge in [0.15, 0.2) is 5.82 Å². The fraction of sp³-hybridized carbons (Fsp3) is 0. The summed E-state index contributed by atoms with van der Waals surface area (Å²) in [5, 5.41) is 0.979. The van der Waals surface area contributed by atoms with E-state index in [0.717, 1.165) is 0 Å². The first-order chi connectivity index (χ1) is 8.60. The molecule has 0 saturated carbocycles. The molecule has 0 aliphatic heterocycles. The summed E-state index contributed by atoms with van der Waals surface area (Å²) in [7, 11) is 0. The highest BCUT2D eigenvalue weighted by Crippen LogP contribution is 2.33. The second kappa shape index (κ2) is 5.58. The van der Waals surface area contributed by atoms with Gasteiger partial charge in [0.25, 0.3) is 0 Å². The lowest BCUT2D eigenvalue weighted by Crippen LogP contribution is -2.09. The maximum atomic E-state index is 5.95. The van der Waals surface area contributed by atoms with Crippen LogP contribution in [-0.4, -0.2) is 9.97 Å². The number of nitrogens with two attached hydrogens (primary N) is 1. The summed E-state index contributed by atoms with van der Waals surface area (Å²) in [6.45, 7) is 0. The molecular formula is C10H7Cl3N4O. The molecule has 8 heteroatoms. The standard InChI is InChI=1S/C10H7Cl3N4O/c11-5-1-6(4-15-3-5)18-10-8(13)2-7(12)9(16-10)17-14/h1-4H,14H2,(H,16,17). The number of halogens is 3. The van der Waals surface area contributed by atoms with Crippen molar-refractivity contribution in [3.63, 3.8) is 0 Å². The lowest BCUT2D eigenvalue weighted by molar-refractivity contribution is 0.462. The molecule has 18 heavy (non-hydrogen) atoms. The van der Waals surface area contributed by atoms with Crippen LogP contribution < -0.4 is 16.0 Å². The number of hydrogen-bond acceptors (Lipinski definition) is 5. The van der Waals surface area contributed by atoms with Gasteiger partial charge in [-0.2, -0.15) is 4.98 Å². The minimum atomic E-state index is 0.151. The molecule has 3 N–H and O–H groups in total. The van der Waals surface area contributed by atoms with Gasteiger partial charge in [-0.05, 0) is 6.07 Å². The van der Waals surface area contributed by atoms with E-state index in [9.17, 15) is 0 Å². The summed E-state index contributed by atoms with van der Waals surface area (Å²) in [5.74, 6) is 6.07. The Labute approximate surface area is 118 Å². The first-order valence-electron chi connectivity index (χ1n) is 4.71. The van der Waals surface area contributed by atoms with Crippen molar-refractivity contribution >= 4 is 40.6 Å². The molecule has 94 valence electrons. The number of anilines is 1. The molecule has 2 aromatic rings. The van der Waals surface area contributed by atoms with E-state index in [4.69, 9.17) is 45.4 Å². The number of hydrazine groups is 1. The molecule has 2 rings (SSSR count). The van der Waals surface area contributed by atoms with E-state index in [1.54, 1.807) is 6.07 Å². The molecule has 0 aromatic carbocycles. The molecular weight excluding hydrogens is 298 g/mol. The van der Waals surface area contributed by atoms with Gasteiger partial charge in [0.05, 0.1) is 16.2 Å². The van der Waals surface area contributed by atoms with E-state index in [2.05, 4.69) is 15.4 Å². The van der Waals surface area contributed by atoms with Crippen LogP contribution in [0.15, 0.2) is 24.5 Å². The quantitative estimate of drug-likeness (QED) is 0.670. The van der Waals surface area contributed by atoms with Crippen LogP contribution in [0.1, 0.15) is 0 Å². The second-order valence-corrected chi connectivity index (χ2v) is 4.44. The molecule has 0 spiro atoms. The van der Waals surface area contributed by atoms with Gasteiger partial charge in [-0.25, -0.2) is 5.84 Å². The van der Waals surface area contributed by atoms with Gasteiger partial charge in [0.1, 0.15) is 10.8 Å². The zero-order valence-electron chi connectivity index (χ0n) is 8.82. The Morgan fingerprint density at radius 2 is 1.89 bits per heavy atom. The molecule has 2 heterocycles. The summed E-state index contributed by atoms with van der Waals surface area (Å²) < 4.78 is 5.44. The minimum absolute atomic E-state index is 0.151. The SMILES string of the molecule is NNc1nc(Oc2cncc(Cl)c2)c(Cl)cc1Cl. The number of nitrogens with zero attached hydrogens (tertiary/aromatic N) is 2. The summed E-state index contributed by atoms with van der Waals surface area (Å²) in [6, 6.07) is 3.05. The third kappa shape index (κ3) is 2.94. The highest BCUT2D eigenvalue weighted by molar-refractivity contribution is 6.36. The van der Waals surface area contributed by atoms with Crippen LogP contribution in [0.5, 0.6) is 11.6 Å². The number of aromatic nitrogens is 2. The number of pyridine rings is 2. The molecule has 0 radical (unpaired) electrons. The molecule has 0 aliphatic rings. The number of ether oxygens (including phenoxy) is 1. The van der Waals surface area contributed by atoms with Crippen LogP contribution in [0.3, 0.4) is 0 Å². The lowest BCUT2D eigenvalue weighted by atomic mass is 10.4. The monoisotopic (exact) mass is 304 g/mol. The largest absolute Gasteiger partial charge is 0.436 e. The molecule has 5 nitrogen and oxygen atoms in total. The molecule has 0 saturated heterocycles. The number of rotatable bonds is 3. The van der Waals surface area contributed by atoms with Crippen molar-refractivity contribution in [1.29, 1.82) is 0 Å². The molecule has 0 unspecified atom stereocenters. The Hall–Kier alpha value is -1.27. The molecule has 0 amide bonds. The van der Waals surface area contributed by atoms with Gasteiger partial charge in [0, 0.05) is 12.3 Å². The predicted molar refractivity (Wildman–Crippen MR) is 71.4 cm³/mol. The third-order valence-corrected chi connectivity index (χ3v) is 2.69. The lowest BCUT2D eigenvalue weighted by Gasteiger charge is -2.09. The normalized spacial score (nSPS) is 10.2. The zero-order chi connectivity index (χ0) is 13.1. The van der Waals surface area contributed by atoms with E-state index in [0.29, 0.717) is 15.8 Å². The molecule has 0 bridgehead atoms. The third-order valence-electron chi connectivity index (χ3n) is 1.93. The number of hydrogen-bond donors (Lipinski definition) is 2. The second-order valence-electron chi connectivity index (χ2n) is 3.19. The van der Waals surface area contributed by atoms with Crippen molar-refractivity contribution in [2.75, 3.05) is 5.43 Å². The first-order valence-corrected chi connectivity index (χ1v) is 5.84. The molecule has 0 aliphatic carbocycles. The fourth-order valence-corrected chi connectivity index (χ4v) is 1.80. The van der Waals surface area contributed by atoms with Gasteiger partial charge in [-0.1, -0.05) is 34.8 Å². The molecule has 0 fully saturated rings. The Kier molecular flexibility index (Phi) is 4.08. The average molecular weight is 306 g/mol. The Balaban J connectivity index is 2.34. The van der Waals surface area contributed by atoms with Crippen molar-refractivity contribution in [2.45, 2.75) is 0 Å². The van der Waals surface area contributed by atoms with Crippen LogP contribution in [0.25, 0.3) is 0 Å². The maximum absolute atomic E-state index is 5.95. The number of nitrogen functional groups attached to an aromatic ring is 1. The topological polar surface area (TPSA) is 73.1 Å². The van der Waals surface area contributed by atoms with Crippen molar-refractivity contribution in [2.24, 2.45) is 5.84 Å². The van der Waals surface area contributed by atoms with Crippen LogP contribution in [0.4, 0.5) is 5.82 Å². The average Bonchev–Trinajstić information content (AvgIpc) is 2.33. The zero-order valence-corrected chi connectivity index (χ0v) is 11.1. The van der Waals surface area contributed by atoms with Gasteiger partial charge in [-0.3, -0.25) is 4.98 Å². The van der Waals surface area contributed by atoms with Gasteiger partial charge in [0.2, 0.25) is 5.88 Å². The summed E-state index contributed by atoms with van der Waals surface area (Å²) >= 11 is 17.6. The Morgan fingerprint density at radius 1 is 1.11 bits per heavy atom. The van der Waals surface area contributed by atoms with Crippen molar-refractivity contribution in [1.82, 2.24) is 9.97 Å². The van der Waals surface area contributed by atoms with Crippen LogP contribution in [0, 0.1) is 0 Å². The van der Waals surface area contributed by atoms with Gasteiger partial charge in [-0.15, -0.1) is 0 Å². The highest BCUT2D eigenvalue weighted by Gasteiger charge is 2.11. The predicted octanol–water partition coefficient (Wildman–Crippen LogP) is 3.51. The summed E-state index contributed by atoms with van der Waals surface area (Å²) in [6.07, 6.45) is 2.96. The van der Waals surface area contributed by atoms with Crippen molar-refractivity contribution in [3.05, 3.63) is 39.6 Å². The van der Waals surface area contributed by atoms with Crippen molar-refractivity contribution in [3.8, 4) is 11.6 Å². The van der Waals surface area contributed by atoms with E-state index in [1.165, 1.54) is 18.5 Å². The number of nitrogens with one attached hydrogen (secondary N) is 1. The van der Waals surface area contributed by atoms with Gasteiger partial charge >= 0.3 is 0 Å². The maximum Gasteiger partial charge on any atom is 0.240 e. The van der Waals surface area contributed by atoms with Crippen molar-refractivity contribution < 1.29 is 4.74 Å². The smallest absolute Gasteiger partial charge is 0.240 e. The molecule has 2 aromatic heterocycles. The van der Waals surface area contributed by atoms with E-state index in [-0.39, 0.29) is 16.7 Å². The summed E-state index contributed by atoms with van der Waals surface area (Å²) in [4.78, 5) is 7.90. The summed E-state index contributed by atoms with van der Waals surface area (Å²) in [5.41, 5.74) is 2.34. The minimum Gasteiger partial charge on any atom is -0.436 e. The Morgan fingerprint density at radius 3 is 2.56 bits per heavy atom. The highest BCUT2D eigenvalue weighted by atomic mass is 35.5. The first kappa shape index (κ1) is 13.2. The fourth-order valence-electron chi connectivity index (χ4n) is 1.18. The van der Waals surface area contributed by atoms with Crippen LogP contribution in [0.2, 0.25) is 15.1 Å². The van der Waals surface area contributed by atoms with E-state index >= 15 is 0 Å². The van der Waals surface area contributed by atoms with Gasteiger partial charge < -0.3 is 10.2 Å². The van der Waals surface area contributed by atoms with E-state index < -0.39 is 0 Å². The Bertz CT molecular complexity index is 579. The van der Waals surface area contributed by atoms with E-state index in [1.807, 2.05) is 0 Å². The van der Waals surface area contributed by atoms with Crippen LogP contribution in [-0.2, 0) is 0 Å².